The van der Waals surface area contributed by atoms with Gasteiger partial charge in [-0.1, -0.05) is 66.7 Å². The number of hydrogen-bond donors (Lipinski definition) is 1. The zero-order chi connectivity index (χ0) is 21.1. The van der Waals surface area contributed by atoms with Crippen molar-refractivity contribution < 1.29 is 19.4 Å². The smallest absolute Gasteiger partial charge is 0.414 e. The maximum atomic E-state index is 13.1. The molecule has 0 radical (unpaired) electrons. The molecule has 0 spiro atoms. The third kappa shape index (κ3) is 3.54. The molecule has 5 nitrogen and oxygen atoms in total. The minimum atomic E-state index is -0.823. The Hall–Kier alpha value is -3.60. The van der Waals surface area contributed by atoms with Crippen molar-refractivity contribution in [3.05, 3.63) is 89.5 Å². The van der Waals surface area contributed by atoms with Crippen LogP contribution in [0.15, 0.2) is 72.8 Å². The highest BCUT2D eigenvalue weighted by Gasteiger charge is 2.37. The molecule has 1 aliphatic rings. The predicted molar refractivity (Wildman–Crippen MR) is 116 cm³/mol. The van der Waals surface area contributed by atoms with E-state index in [4.69, 9.17) is 9.84 Å². The van der Waals surface area contributed by atoms with E-state index in [1.54, 1.807) is 4.90 Å². The van der Waals surface area contributed by atoms with E-state index in [0.717, 1.165) is 33.5 Å². The fourth-order valence-corrected chi connectivity index (χ4v) is 4.24. The fraction of sp³-hybridized carbons (Fsp3) is 0.200. The highest BCUT2D eigenvalue weighted by atomic mass is 16.5. The summed E-state index contributed by atoms with van der Waals surface area (Å²) in [4.78, 5) is 25.7. The molecule has 152 valence electrons. The van der Waals surface area contributed by atoms with Gasteiger partial charge >= 0.3 is 12.1 Å². The molecule has 3 aromatic carbocycles. The number of anilines is 1. The minimum Gasteiger partial charge on any atom is -0.481 e. The summed E-state index contributed by atoms with van der Waals surface area (Å²) in [5.41, 5.74) is 5.97. The molecule has 0 fully saturated rings. The molecule has 0 atom stereocenters. The molecular weight excluding hydrogens is 378 g/mol. The van der Waals surface area contributed by atoms with E-state index < -0.39 is 12.1 Å². The van der Waals surface area contributed by atoms with Gasteiger partial charge in [0.15, 0.2) is 0 Å². The number of nitrogens with zero attached hydrogens (tertiary/aromatic N) is 1. The summed E-state index contributed by atoms with van der Waals surface area (Å²) in [5, 5.41) is 9.00. The summed E-state index contributed by atoms with van der Waals surface area (Å²) in [5.74, 6) is -0.823. The third-order valence-electron chi connectivity index (χ3n) is 5.52. The van der Waals surface area contributed by atoms with Crippen LogP contribution < -0.4 is 4.90 Å². The monoisotopic (exact) mass is 401 g/mol. The number of rotatable bonds is 6. The molecule has 0 saturated carbocycles. The summed E-state index contributed by atoms with van der Waals surface area (Å²) in [6.45, 7) is 0. The van der Waals surface area contributed by atoms with Crippen molar-refractivity contribution in [2.45, 2.75) is 25.3 Å². The van der Waals surface area contributed by atoms with Crippen LogP contribution in [0.5, 0.6) is 0 Å². The van der Waals surface area contributed by atoms with Gasteiger partial charge in [-0.2, -0.15) is 0 Å². The number of methoxy groups -OCH3 is 1. The number of para-hydroxylation sites is 1. The molecule has 0 unspecified atom stereocenters. The number of hydrogen-bond acceptors (Lipinski definition) is 3. The largest absolute Gasteiger partial charge is 0.481 e. The van der Waals surface area contributed by atoms with E-state index in [9.17, 15) is 9.59 Å². The number of carbonyl (C=O) groups is 2. The van der Waals surface area contributed by atoms with Crippen LogP contribution in [0, 0.1) is 0 Å². The van der Waals surface area contributed by atoms with Gasteiger partial charge in [0.1, 0.15) is 0 Å². The Bertz CT molecular complexity index is 1050. The van der Waals surface area contributed by atoms with Gasteiger partial charge < -0.3 is 9.84 Å². The summed E-state index contributed by atoms with van der Waals surface area (Å²) in [6.07, 6.45) is 0.699. The first kappa shape index (κ1) is 19.7. The molecule has 0 aromatic heterocycles. The molecule has 1 amide bonds. The first-order valence-corrected chi connectivity index (χ1v) is 9.97. The summed E-state index contributed by atoms with van der Waals surface area (Å²) >= 11 is 0. The Morgan fingerprint density at radius 3 is 2.07 bits per heavy atom. The average Bonchev–Trinajstić information content (AvgIpc) is 3.09. The van der Waals surface area contributed by atoms with Gasteiger partial charge in [0.25, 0.3) is 0 Å². The van der Waals surface area contributed by atoms with Crippen LogP contribution in [0.3, 0.4) is 0 Å². The molecule has 3 aromatic rings. The Morgan fingerprint density at radius 2 is 1.47 bits per heavy atom. The topological polar surface area (TPSA) is 66.8 Å². The van der Waals surface area contributed by atoms with E-state index in [0.29, 0.717) is 12.8 Å². The molecule has 0 heterocycles. The molecule has 0 saturated heterocycles. The second kappa shape index (κ2) is 8.41. The van der Waals surface area contributed by atoms with Crippen LogP contribution in [0.2, 0.25) is 0 Å². The van der Waals surface area contributed by atoms with Crippen molar-refractivity contribution in [1.29, 1.82) is 0 Å². The molecule has 30 heavy (non-hydrogen) atoms. The number of aryl methyl sites for hydroxylation is 1. The summed E-state index contributed by atoms with van der Waals surface area (Å²) in [7, 11) is 1.38. The van der Waals surface area contributed by atoms with Gasteiger partial charge in [0.05, 0.1) is 18.8 Å². The lowest BCUT2D eigenvalue weighted by atomic mass is 10.00. The number of benzene rings is 3. The molecular formula is C25H23NO4. The van der Waals surface area contributed by atoms with Crippen LogP contribution in [-0.4, -0.2) is 24.3 Å². The first-order chi connectivity index (χ1) is 14.6. The van der Waals surface area contributed by atoms with Crippen molar-refractivity contribution in [1.82, 2.24) is 0 Å². The molecule has 0 aliphatic heterocycles. The molecule has 5 heteroatoms. The molecule has 4 rings (SSSR count). The minimum absolute atomic E-state index is 0.0850. The zero-order valence-electron chi connectivity index (χ0n) is 16.7. The average molecular weight is 401 g/mol. The van der Waals surface area contributed by atoms with Crippen LogP contribution in [-0.2, 0) is 16.0 Å². The SMILES string of the molecule is COC(=O)N(c1ccccc1CCCC(=O)O)C1c2ccccc2-c2ccccc21. The fourth-order valence-electron chi connectivity index (χ4n) is 4.24. The van der Waals surface area contributed by atoms with E-state index in [1.807, 2.05) is 60.7 Å². The van der Waals surface area contributed by atoms with Gasteiger partial charge in [0, 0.05) is 6.42 Å². The van der Waals surface area contributed by atoms with Gasteiger partial charge in [-0.3, -0.25) is 9.69 Å². The first-order valence-electron chi connectivity index (χ1n) is 9.97. The van der Waals surface area contributed by atoms with E-state index in [1.165, 1.54) is 7.11 Å². The lowest BCUT2D eigenvalue weighted by Crippen LogP contribution is -2.35. The molecule has 1 N–H and O–H groups in total. The van der Waals surface area contributed by atoms with Crippen molar-refractivity contribution in [2.75, 3.05) is 12.0 Å². The van der Waals surface area contributed by atoms with Gasteiger partial charge in [-0.15, -0.1) is 0 Å². The van der Waals surface area contributed by atoms with E-state index in [-0.39, 0.29) is 12.5 Å². The lowest BCUT2D eigenvalue weighted by Gasteiger charge is -2.31. The summed E-state index contributed by atoms with van der Waals surface area (Å²) in [6, 6.07) is 23.5. The van der Waals surface area contributed by atoms with E-state index in [2.05, 4.69) is 12.1 Å². The molecule has 1 aliphatic carbocycles. The van der Waals surface area contributed by atoms with Crippen molar-refractivity contribution in [3.8, 4) is 11.1 Å². The maximum Gasteiger partial charge on any atom is 0.414 e. The van der Waals surface area contributed by atoms with Crippen LogP contribution >= 0.6 is 0 Å². The number of ether oxygens (including phenoxy) is 1. The Labute approximate surface area is 175 Å². The number of fused-ring (bicyclic) bond motifs is 3. The Morgan fingerprint density at radius 1 is 0.900 bits per heavy atom. The second-order valence-electron chi connectivity index (χ2n) is 7.29. The Kier molecular flexibility index (Phi) is 5.53. The van der Waals surface area contributed by atoms with Gasteiger partial charge in [0.2, 0.25) is 0 Å². The quantitative estimate of drug-likeness (QED) is 0.597. The van der Waals surface area contributed by atoms with Crippen molar-refractivity contribution in [3.63, 3.8) is 0 Å². The zero-order valence-corrected chi connectivity index (χ0v) is 16.7. The molecule has 0 bridgehead atoms. The van der Waals surface area contributed by atoms with Gasteiger partial charge in [-0.05, 0) is 46.7 Å². The van der Waals surface area contributed by atoms with E-state index >= 15 is 0 Å². The predicted octanol–water partition coefficient (Wildman–Crippen LogP) is 5.44. The van der Waals surface area contributed by atoms with Crippen LogP contribution in [0.4, 0.5) is 10.5 Å². The van der Waals surface area contributed by atoms with Crippen LogP contribution in [0.1, 0.15) is 35.6 Å². The van der Waals surface area contributed by atoms with Crippen molar-refractivity contribution in [2.24, 2.45) is 0 Å². The maximum absolute atomic E-state index is 13.1. The van der Waals surface area contributed by atoms with Crippen molar-refractivity contribution >= 4 is 17.7 Å². The summed E-state index contributed by atoms with van der Waals surface area (Å²) < 4.78 is 5.20. The Balaban J connectivity index is 1.83. The number of aliphatic carboxylic acids is 1. The normalized spacial score (nSPS) is 12.2. The number of carboxylic acids is 1. The highest BCUT2D eigenvalue weighted by molar-refractivity contribution is 5.93. The van der Waals surface area contributed by atoms with Gasteiger partial charge in [-0.25, -0.2) is 4.79 Å². The number of amides is 1. The third-order valence-corrected chi connectivity index (χ3v) is 5.52. The highest BCUT2D eigenvalue weighted by Crippen LogP contribution is 2.48. The second-order valence-corrected chi connectivity index (χ2v) is 7.29. The van der Waals surface area contributed by atoms with Crippen LogP contribution in [0.25, 0.3) is 11.1 Å². The standard InChI is InChI=1S/C25H23NO4/c1-30-25(29)26(22-15-7-2-9-17(22)10-8-16-23(27)28)24-20-13-5-3-11-18(20)19-12-4-6-14-21(19)24/h2-7,9,11-15,24H,8,10,16H2,1H3,(H,27,28). The number of carboxylic acid groups (broad SMARTS) is 1. The lowest BCUT2D eigenvalue weighted by molar-refractivity contribution is -0.137. The number of carbonyl (C=O) groups excluding carboxylic acids is 1.